The van der Waals surface area contributed by atoms with Crippen molar-refractivity contribution in [1.82, 2.24) is 15.0 Å². The molecule has 5 heterocycles. The summed E-state index contributed by atoms with van der Waals surface area (Å²) in [5.74, 6) is 8.51. The minimum atomic E-state index is -0.933. The van der Waals surface area contributed by atoms with Gasteiger partial charge in [0.05, 0.1) is 38.4 Å². The van der Waals surface area contributed by atoms with Crippen LogP contribution in [0.25, 0.3) is 39.3 Å². The van der Waals surface area contributed by atoms with Crippen molar-refractivity contribution in [2.24, 2.45) is 0 Å². The van der Waals surface area contributed by atoms with E-state index in [4.69, 9.17) is 23.9 Å². The van der Waals surface area contributed by atoms with Gasteiger partial charge in [-0.3, -0.25) is 14.8 Å². The summed E-state index contributed by atoms with van der Waals surface area (Å²) in [6, 6.07) is 28.2. The number of aryl methyl sites for hydroxylation is 1. The van der Waals surface area contributed by atoms with Crippen molar-refractivity contribution in [3.63, 3.8) is 0 Å². The van der Waals surface area contributed by atoms with E-state index in [1.807, 2.05) is 59.4 Å². The fraction of sp³-hybridized carbons (Fsp3) is 0.463. The SMILES string of the molecule is CCCCCCN(CCCCCC)c1oc2c(-c3cn(CCCN4c5ccccc5C(C)(C)C45C=Cc4cc([N+](=O)[O-])ccc4O5)nn3)c3c(C#N)c(N(CCCCCC)CCCCCC)oc3c(C#Cc3ccccc3)c2c1C#N. The summed E-state index contributed by atoms with van der Waals surface area (Å²) in [6.07, 6.45) is 23.5. The molecular formula is C67H79N9O5. The molecule has 0 N–H and O–H groups in total. The van der Waals surface area contributed by atoms with Crippen molar-refractivity contribution >= 4 is 51.2 Å². The minimum Gasteiger partial charge on any atom is -0.463 e. The number of hydrogen-bond acceptors (Lipinski definition) is 12. The van der Waals surface area contributed by atoms with Crippen LogP contribution in [0.15, 0.2) is 93.9 Å². The summed E-state index contributed by atoms with van der Waals surface area (Å²) in [6.45, 7) is 17.2. The van der Waals surface area contributed by atoms with Gasteiger partial charge in [0.15, 0.2) is 5.58 Å². The Morgan fingerprint density at radius 1 is 0.654 bits per heavy atom. The van der Waals surface area contributed by atoms with E-state index in [0.717, 1.165) is 146 Å². The number of furan rings is 2. The molecule has 1 unspecified atom stereocenters. The van der Waals surface area contributed by atoms with Gasteiger partial charge < -0.3 is 28.3 Å². The van der Waals surface area contributed by atoms with Crippen molar-refractivity contribution in [1.29, 1.82) is 10.5 Å². The van der Waals surface area contributed by atoms with E-state index in [-0.39, 0.29) is 10.6 Å². The summed E-state index contributed by atoms with van der Waals surface area (Å²) < 4.78 is 23.3. The molecule has 0 amide bonds. The second-order valence-electron chi connectivity index (χ2n) is 22.4. The Labute approximate surface area is 478 Å². The van der Waals surface area contributed by atoms with Crippen LogP contribution in [-0.2, 0) is 12.0 Å². The summed E-state index contributed by atoms with van der Waals surface area (Å²) in [5, 5.41) is 45.6. The van der Waals surface area contributed by atoms with E-state index in [0.29, 0.717) is 92.5 Å². The van der Waals surface area contributed by atoms with E-state index in [1.165, 1.54) is 6.07 Å². The van der Waals surface area contributed by atoms with Crippen LogP contribution in [0.4, 0.5) is 23.1 Å². The predicted octanol–water partition coefficient (Wildman–Crippen LogP) is 16.4. The Hall–Kier alpha value is -8.02. The van der Waals surface area contributed by atoms with Gasteiger partial charge in [0, 0.05) is 68.2 Å². The number of nitro groups is 1. The van der Waals surface area contributed by atoms with Gasteiger partial charge in [-0.05, 0) is 87.9 Å². The first-order valence-corrected chi connectivity index (χ1v) is 29.9. The molecule has 1 atom stereocenters. The second-order valence-corrected chi connectivity index (χ2v) is 22.4. The van der Waals surface area contributed by atoms with Crippen molar-refractivity contribution in [3.05, 3.63) is 129 Å². The van der Waals surface area contributed by atoms with Crippen LogP contribution in [0.5, 0.6) is 5.75 Å². The van der Waals surface area contributed by atoms with Gasteiger partial charge in [0.25, 0.3) is 5.69 Å². The lowest BCUT2D eigenvalue weighted by molar-refractivity contribution is -0.384. The average molecular weight is 1090 g/mol. The van der Waals surface area contributed by atoms with E-state index in [2.05, 4.69) is 98.4 Å². The summed E-state index contributed by atoms with van der Waals surface area (Å²) in [7, 11) is 0. The maximum atomic E-state index is 11.7. The van der Waals surface area contributed by atoms with Gasteiger partial charge in [0.2, 0.25) is 17.5 Å². The normalized spacial score (nSPS) is 14.8. The van der Waals surface area contributed by atoms with Crippen LogP contribution in [0, 0.1) is 44.6 Å². The molecule has 3 aromatic heterocycles. The van der Waals surface area contributed by atoms with Gasteiger partial charge in [0.1, 0.15) is 40.3 Å². The molecule has 4 aromatic carbocycles. The zero-order chi connectivity index (χ0) is 56.9. The number of nitriles is 2. The van der Waals surface area contributed by atoms with Gasteiger partial charge in [-0.25, -0.2) is 0 Å². The molecule has 0 saturated heterocycles. The number of non-ortho nitro benzene ring substituents is 1. The van der Waals surface area contributed by atoms with E-state index in [9.17, 15) is 20.6 Å². The summed E-state index contributed by atoms with van der Waals surface area (Å²) in [5.41, 5.74) is 5.38. The van der Waals surface area contributed by atoms with E-state index < -0.39 is 11.1 Å². The molecular weight excluding hydrogens is 1010 g/mol. The first-order valence-electron chi connectivity index (χ1n) is 29.9. The first kappa shape index (κ1) is 57.7. The number of hydrogen-bond donors (Lipinski definition) is 0. The first-order chi connectivity index (χ1) is 39.5. The molecule has 81 heavy (non-hydrogen) atoms. The van der Waals surface area contributed by atoms with Gasteiger partial charge in [-0.1, -0.05) is 158 Å². The zero-order valence-corrected chi connectivity index (χ0v) is 48.5. The zero-order valence-electron chi connectivity index (χ0n) is 48.5. The lowest BCUT2D eigenvalue weighted by Crippen LogP contribution is -2.59. The van der Waals surface area contributed by atoms with Crippen molar-refractivity contribution in [2.45, 2.75) is 168 Å². The molecule has 0 saturated carbocycles. The van der Waals surface area contributed by atoms with Gasteiger partial charge in [-0.15, -0.1) is 5.10 Å². The molecule has 14 heteroatoms. The molecule has 0 fully saturated rings. The van der Waals surface area contributed by atoms with Gasteiger partial charge >= 0.3 is 0 Å². The highest BCUT2D eigenvalue weighted by Crippen LogP contribution is 2.55. The van der Waals surface area contributed by atoms with Crippen molar-refractivity contribution < 1.29 is 18.5 Å². The number of rotatable bonds is 28. The summed E-state index contributed by atoms with van der Waals surface area (Å²) in [4.78, 5) is 18.2. The summed E-state index contributed by atoms with van der Waals surface area (Å²) >= 11 is 0. The number of fused-ring (bicyclic) bond motifs is 4. The molecule has 14 nitrogen and oxygen atoms in total. The van der Waals surface area contributed by atoms with Crippen LogP contribution >= 0.6 is 0 Å². The highest BCUT2D eigenvalue weighted by Gasteiger charge is 2.58. The number of para-hydroxylation sites is 1. The number of anilines is 3. The Bertz CT molecular complexity index is 3440. The highest BCUT2D eigenvalue weighted by atomic mass is 16.6. The Kier molecular flexibility index (Phi) is 18.9. The fourth-order valence-electron chi connectivity index (χ4n) is 12.0. The smallest absolute Gasteiger partial charge is 0.270 e. The molecule has 2 aliphatic rings. The van der Waals surface area contributed by atoms with Crippen LogP contribution in [0.3, 0.4) is 0 Å². The predicted molar refractivity (Wildman–Crippen MR) is 325 cm³/mol. The molecule has 0 bridgehead atoms. The minimum absolute atomic E-state index is 0.00957. The Balaban J connectivity index is 1.18. The molecule has 7 aromatic rings. The Morgan fingerprint density at radius 2 is 1.23 bits per heavy atom. The third-order valence-corrected chi connectivity index (χ3v) is 16.5. The largest absolute Gasteiger partial charge is 0.463 e. The molecule has 422 valence electrons. The third-order valence-electron chi connectivity index (χ3n) is 16.5. The van der Waals surface area contributed by atoms with Crippen molar-refractivity contribution in [3.8, 4) is 41.0 Å². The molecule has 9 rings (SSSR count). The van der Waals surface area contributed by atoms with Crippen LogP contribution in [0.2, 0.25) is 0 Å². The number of nitrogens with zero attached hydrogens (tertiary/aromatic N) is 9. The van der Waals surface area contributed by atoms with Crippen LogP contribution < -0.4 is 19.4 Å². The molecule has 2 aliphatic heterocycles. The lowest BCUT2D eigenvalue weighted by atomic mass is 9.76. The second kappa shape index (κ2) is 26.5. The van der Waals surface area contributed by atoms with Gasteiger partial charge in [-0.2, -0.15) is 10.5 Å². The number of unbranched alkanes of at least 4 members (excludes halogenated alkanes) is 12. The monoisotopic (exact) mass is 1090 g/mol. The number of nitro benzene ring substituents is 1. The highest BCUT2D eigenvalue weighted by molar-refractivity contribution is 6.17. The van der Waals surface area contributed by atoms with E-state index in [1.54, 1.807) is 12.1 Å². The fourth-order valence-corrected chi connectivity index (χ4v) is 12.0. The number of benzene rings is 4. The van der Waals surface area contributed by atoms with E-state index >= 15 is 0 Å². The van der Waals surface area contributed by atoms with Crippen LogP contribution in [0.1, 0.15) is 184 Å². The lowest BCUT2D eigenvalue weighted by Gasteiger charge is -2.47. The third kappa shape index (κ3) is 11.9. The molecule has 1 spiro atoms. The average Bonchev–Trinajstić information content (AvgIpc) is 4.46. The standard InChI is InChI=1S/C67H79N9O5/c1-7-11-15-24-39-72(40-25-16-12-8-2)64-53(46-68)59-52(35-33-49-29-20-19-21-30-49)62-60(54(47-69)65(79-62)73(41-26-17-13-9-3)42-27-18-14-10-4)61(63(59)80-64)56-48-74(71-70-56)43-28-44-75-57-32-23-22-31-55(57)66(5,6)67(75)38-37-50-45-51(76(77)78)34-36-58(50)81-67/h19-23,29-32,34,36-38,45,48H,7-18,24-28,39-44H2,1-6H3. The number of ether oxygens (including phenoxy) is 1. The maximum absolute atomic E-state index is 11.7. The molecule has 0 aliphatic carbocycles. The maximum Gasteiger partial charge on any atom is 0.270 e. The Morgan fingerprint density at radius 3 is 1.83 bits per heavy atom. The molecule has 0 radical (unpaired) electrons. The number of aromatic nitrogens is 3. The quantitative estimate of drug-likeness (QED) is 0.0197. The topological polar surface area (TPSA) is 167 Å². The van der Waals surface area contributed by atoms with Crippen LogP contribution in [-0.4, -0.2) is 58.4 Å². The van der Waals surface area contributed by atoms with Crippen molar-refractivity contribution in [2.75, 3.05) is 47.4 Å².